The number of aromatic carboxylic acids is 1. The molecule has 350 valence electrons. The third-order valence-corrected chi connectivity index (χ3v) is 9.36. The van der Waals surface area contributed by atoms with Gasteiger partial charge in [0, 0.05) is 35.2 Å². The predicted molar refractivity (Wildman–Crippen MR) is 242 cm³/mol. The molecule has 9 N–H and O–H groups in total. The van der Waals surface area contributed by atoms with Crippen LogP contribution in [-0.2, 0) is 14.3 Å². The van der Waals surface area contributed by atoms with E-state index in [0.29, 0.717) is 0 Å². The molecule has 0 aliphatic carbocycles. The van der Waals surface area contributed by atoms with Crippen molar-refractivity contribution in [2.45, 2.75) is 52.0 Å². The average Bonchev–Trinajstić information content (AvgIpc) is 3.28. The van der Waals surface area contributed by atoms with Crippen LogP contribution >= 0.6 is 0 Å². The fraction of sp³-hybridized carbons (Fsp3) is 0.196. The number of phenolic OH excluding ortho intramolecular Hbond substituents is 1. The largest absolute Gasteiger partial charge is 0.733 e. The van der Waals surface area contributed by atoms with Crippen LogP contribution in [0.3, 0.4) is 0 Å². The van der Waals surface area contributed by atoms with Crippen LogP contribution < -0.4 is 41.3 Å². The summed E-state index contributed by atoms with van der Waals surface area (Å²) in [6, 6.07) is 20.5. The van der Waals surface area contributed by atoms with Gasteiger partial charge >= 0.3 is 11.9 Å². The maximum Gasteiger partial charge on any atom is 0.335 e. The van der Waals surface area contributed by atoms with Crippen molar-refractivity contribution in [3.8, 4) is 17.2 Å². The summed E-state index contributed by atoms with van der Waals surface area (Å²) in [4.78, 5) is 90.0. The molecule has 2 atom stereocenters. The molecule has 0 heterocycles. The van der Waals surface area contributed by atoms with Crippen molar-refractivity contribution >= 4 is 69.9 Å². The number of rotatable bonds is 19. The Morgan fingerprint density at radius 2 is 1.09 bits per heavy atom. The maximum absolute atomic E-state index is 13.5. The van der Waals surface area contributed by atoms with Crippen molar-refractivity contribution in [1.82, 2.24) is 5.32 Å². The summed E-state index contributed by atoms with van der Waals surface area (Å²) in [6.45, 7) is 6.74. The van der Waals surface area contributed by atoms with Gasteiger partial charge in [0.1, 0.15) is 11.8 Å². The number of hydrogen-bond acceptors (Lipinski definition) is 14. The van der Waals surface area contributed by atoms with Gasteiger partial charge in [-0.15, -0.1) is 0 Å². The summed E-state index contributed by atoms with van der Waals surface area (Å²) >= 11 is 0. The number of anilines is 5. The van der Waals surface area contributed by atoms with Gasteiger partial charge in [0.25, 0.3) is 23.6 Å². The Labute approximate surface area is 381 Å². The highest BCUT2D eigenvalue weighted by Gasteiger charge is 2.36. The Hall–Kier alpha value is -8.53. The van der Waals surface area contributed by atoms with Gasteiger partial charge in [-0.25, -0.2) is 9.59 Å². The van der Waals surface area contributed by atoms with E-state index < -0.39 is 65.5 Å². The lowest BCUT2D eigenvalue weighted by Crippen LogP contribution is -2.54. The first-order valence-corrected chi connectivity index (χ1v) is 20.1. The molecule has 21 heteroatoms. The van der Waals surface area contributed by atoms with Crippen LogP contribution in [0.15, 0.2) is 103 Å². The number of carboxylic acids is 2. The highest BCUT2D eigenvalue weighted by atomic mass is 16.8. The van der Waals surface area contributed by atoms with Gasteiger partial charge in [0.15, 0.2) is 17.6 Å². The summed E-state index contributed by atoms with van der Waals surface area (Å²) in [5.41, 5.74) is 0.264. The lowest BCUT2D eigenvalue weighted by Gasteiger charge is -2.23. The standard InChI is InChI=1S/C46H45N6O15/c1-23(2)66-35-22-28(45(59)60)12-20-33(35)49-43(57)32-19-21-34(38(37(32)53)67-24(3)4)50-41(55)25-6-15-30(16-7-25)48-44(58)36(39(65-5)46(61)62)51-42(56)26-8-13-29(14-9-26)47-40(54)27-10-17-31(18-11-27)52(63)64/h6-24,36,39,53,63H,1-5H3,(H,47,54)(H,48,58)(H,49,57)(H,50,55)(H,51,56)(H,59,60)(H,61,62)/q-1. The predicted octanol–water partition coefficient (Wildman–Crippen LogP) is 5.95. The first-order valence-electron chi connectivity index (χ1n) is 20.1. The second-order valence-corrected chi connectivity index (χ2v) is 15.0. The van der Waals surface area contributed by atoms with Crippen LogP contribution in [0.2, 0.25) is 0 Å². The number of methoxy groups -OCH3 is 1. The monoisotopic (exact) mass is 921 g/mol. The number of aliphatic carboxylic acids is 1. The van der Waals surface area contributed by atoms with Crippen molar-refractivity contribution in [3.05, 3.63) is 136 Å². The summed E-state index contributed by atoms with van der Waals surface area (Å²) in [6.07, 6.45) is -2.76. The van der Waals surface area contributed by atoms with Crippen molar-refractivity contribution in [1.29, 1.82) is 0 Å². The number of aromatic hydroxyl groups is 1. The molecule has 5 aromatic carbocycles. The number of nitrogens with zero attached hydrogens (tertiary/aromatic N) is 1. The molecule has 5 amide bonds. The number of phenols is 1. The van der Waals surface area contributed by atoms with Crippen molar-refractivity contribution in [2.24, 2.45) is 0 Å². The molecule has 0 saturated heterocycles. The van der Waals surface area contributed by atoms with Crippen LogP contribution in [0.1, 0.15) is 79.5 Å². The lowest BCUT2D eigenvalue weighted by molar-refractivity contribution is -0.152. The minimum Gasteiger partial charge on any atom is -0.733 e. The first kappa shape index (κ1) is 49.5. The van der Waals surface area contributed by atoms with E-state index in [4.69, 9.17) is 19.4 Å². The Morgan fingerprint density at radius 1 is 0.597 bits per heavy atom. The van der Waals surface area contributed by atoms with E-state index >= 15 is 0 Å². The number of nitrogens with one attached hydrogen (secondary N) is 5. The Bertz CT molecular complexity index is 2650. The minimum atomic E-state index is -1.85. The molecular weight excluding hydrogens is 877 g/mol. The molecule has 21 nitrogen and oxygen atoms in total. The topological polar surface area (TPSA) is 315 Å². The first-order chi connectivity index (χ1) is 31.8. The van der Waals surface area contributed by atoms with E-state index in [-0.39, 0.29) is 79.1 Å². The van der Waals surface area contributed by atoms with Crippen LogP contribution in [0.25, 0.3) is 0 Å². The van der Waals surface area contributed by atoms with Crippen molar-refractivity contribution < 1.29 is 68.3 Å². The fourth-order valence-electron chi connectivity index (χ4n) is 6.16. The molecule has 0 spiro atoms. The van der Waals surface area contributed by atoms with E-state index in [0.717, 1.165) is 7.11 Å². The van der Waals surface area contributed by atoms with E-state index in [1.54, 1.807) is 27.7 Å². The van der Waals surface area contributed by atoms with Crippen LogP contribution in [-0.4, -0.2) is 93.5 Å². The normalized spacial score (nSPS) is 11.7. The van der Waals surface area contributed by atoms with Gasteiger partial charge < -0.3 is 66.5 Å². The van der Waals surface area contributed by atoms with Gasteiger partial charge in [-0.1, -0.05) is 0 Å². The molecule has 0 fully saturated rings. The number of ether oxygens (including phenoxy) is 3. The molecule has 0 aliphatic heterocycles. The number of carbonyl (C=O) groups excluding carboxylic acids is 5. The molecule has 0 aliphatic rings. The second-order valence-electron chi connectivity index (χ2n) is 15.0. The van der Waals surface area contributed by atoms with Crippen molar-refractivity contribution in [3.63, 3.8) is 0 Å². The van der Waals surface area contributed by atoms with Crippen LogP contribution in [0.5, 0.6) is 17.2 Å². The zero-order valence-corrected chi connectivity index (χ0v) is 36.4. The molecule has 5 aromatic rings. The quantitative estimate of drug-likeness (QED) is 0.0432. The third-order valence-electron chi connectivity index (χ3n) is 9.36. The van der Waals surface area contributed by atoms with Crippen LogP contribution in [0.4, 0.5) is 28.4 Å². The fourth-order valence-corrected chi connectivity index (χ4v) is 6.16. The van der Waals surface area contributed by atoms with E-state index in [9.17, 15) is 54.1 Å². The number of carboxylic acid groups (broad SMARTS) is 2. The molecule has 67 heavy (non-hydrogen) atoms. The Balaban J connectivity index is 1.27. The van der Waals surface area contributed by atoms with Crippen LogP contribution in [0, 0.1) is 5.21 Å². The number of amides is 5. The number of hydrogen-bond donors (Lipinski definition) is 9. The minimum absolute atomic E-state index is 0.0128. The molecular formula is C46H45N6O15-. The summed E-state index contributed by atoms with van der Waals surface area (Å²) in [5, 5.41) is 62.9. The molecule has 0 aromatic heterocycles. The van der Waals surface area contributed by atoms with Gasteiger partial charge in [0.2, 0.25) is 5.91 Å². The number of benzene rings is 5. The number of carbonyl (C=O) groups is 7. The van der Waals surface area contributed by atoms with E-state index in [2.05, 4.69) is 26.6 Å². The highest BCUT2D eigenvalue weighted by molar-refractivity contribution is 6.10. The third kappa shape index (κ3) is 12.8. The summed E-state index contributed by atoms with van der Waals surface area (Å²) in [7, 11) is 1.03. The molecule has 0 radical (unpaired) electrons. The van der Waals surface area contributed by atoms with Gasteiger partial charge in [-0.3, -0.25) is 29.2 Å². The Morgan fingerprint density at radius 3 is 1.61 bits per heavy atom. The highest BCUT2D eigenvalue weighted by Crippen LogP contribution is 2.39. The SMILES string of the molecule is COC(C(=O)O)C(NC(=O)c1ccc(NC(=O)c2ccc(N([O-])O)cc2)cc1)C(=O)Nc1ccc(C(=O)Nc2ccc(C(=O)Nc3ccc(C(=O)O)cc3OC(C)C)c(O)c2OC(C)C)cc1. The van der Waals surface area contributed by atoms with E-state index in [1.165, 1.54) is 103 Å². The zero-order valence-electron chi connectivity index (χ0n) is 36.4. The van der Waals surface area contributed by atoms with E-state index in [1.807, 2.05) is 0 Å². The smallest absolute Gasteiger partial charge is 0.335 e. The molecule has 0 bridgehead atoms. The maximum atomic E-state index is 13.5. The lowest BCUT2D eigenvalue weighted by atomic mass is 10.1. The Kier molecular flexibility index (Phi) is 16.2. The van der Waals surface area contributed by atoms with Gasteiger partial charge in [-0.2, -0.15) is 0 Å². The van der Waals surface area contributed by atoms with Crippen molar-refractivity contribution in [2.75, 3.05) is 33.6 Å². The molecule has 0 saturated carbocycles. The zero-order chi connectivity index (χ0) is 49.1. The molecule has 2 unspecified atom stereocenters. The summed E-state index contributed by atoms with van der Waals surface area (Å²) < 4.78 is 16.5. The van der Waals surface area contributed by atoms with Gasteiger partial charge in [0.05, 0.1) is 40.4 Å². The molecule has 5 rings (SSSR count). The summed E-state index contributed by atoms with van der Waals surface area (Å²) in [5.74, 6) is -7.47. The second kappa shape index (κ2) is 21.9. The van der Waals surface area contributed by atoms with Gasteiger partial charge in [-0.05, 0) is 131 Å². The average molecular weight is 922 g/mol.